The number of nitrogens with one attached hydrogen (secondary N) is 1. The Morgan fingerprint density at radius 2 is 1.87 bits per heavy atom. The molecule has 1 amide bonds. The Kier molecular flexibility index (Phi) is 5.63. The number of fused-ring (bicyclic) bond motifs is 2. The Labute approximate surface area is 180 Å². The van der Waals surface area contributed by atoms with Gasteiger partial charge in [0.2, 0.25) is 10.0 Å². The van der Waals surface area contributed by atoms with Crippen molar-refractivity contribution in [3.05, 3.63) is 69.8 Å². The van der Waals surface area contributed by atoms with Crippen LogP contribution in [-0.2, 0) is 23.0 Å². The molecule has 0 saturated carbocycles. The van der Waals surface area contributed by atoms with Crippen molar-refractivity contribution in [3.63, 3.8) is 0 Å². The molecule has 31 heavy (non-hydrogen) atoms. The molecule has 3 N–H and O–H groups in total. The van der Waals surface area contributed by atoms with E-state index >= 15 is 0 Å². The van der Waals surface area contributed by atoms with Crippen LogP contribution in [0.3, 0.4) is 0 Å². The summed E-state index contributed by atoms with van der Waals surface area (Å²) < 4.78 is 24.5. The normalized spacial score (nSPS) is 15.2. The zero-order valence-corrected chi connectivity index (χ0v) is 18.0. The van der Waals surface area contributed by atoms with E-state index in [4.69, 9.17) is 5.14 Å². The maximum Gasteiger partial charge on any atom is 0.261 e. The number of hydrogen-bond acceptors (Lipinski definition) is 5. The lowest BCUT2D eigenvalue weighted by molar-refractivity contribution is 0.0940. The third-order valence-corrected chi connectivity index (χ3v) is 6.56. The highest BCUT2D eigenvalue weighted by Gasteiger charge is 2.17. The molecule has 8 nitrogen and oxygen atoms in total. The maximum absolute atomic E-state index is 12.8. The van der Waals surface area contributed by atoms with E-state index in [-0.39, 0.29) is 22.4 Å². The van der Waals surface area contributed by atoms with Gasteiger partial charge in [0, 0.05) is 18.5 Å². The first-order valence-electron chi connectivity index (χ1n) is 10.2. The molecule has 3 aromatic rings. The molecule has 2 heterocycles. The van der Waals surface area contributed by atoms with Gasteiger partial charge in [-0.15, -0.1) is 0 Å². The average molecular weight is 441 g/mol. The van der Waals surface area contributed by atoms with Crippen LogP contribution < -0.4 is 16.0 Å². The molecule has 1 aliphatic rings. The van der Waals surface area contributed by atoms with Crippen LogP contribution in [0.15, 0.2) is 52.2 Å². The van der Waals surface area contributed by atoms with Gasteiger partial charge in [0.15, 0.2) is 0 Å². The maximum atomic E-state index is 12.8. The Morgan fingerprint density at radius 1 is 1.13 bits per heavy atom. The van der Waals surface area contributed by atoms with Crippen molar-refractivity contribution in [1.82, 2.24) is 14.9 Å². The summed E-state index contributed by atoms with van der Waals surface area (Å²) in [4.78, 5) is 30.3. The van der Waals surface area contributed by atoms with Crippen LogP contribution in [0, 0.1) is 0 Å². The van der Waals surface area contributed by atoms with Crippen LogP contribution in [0.2, 0.25) is 0 Å². The van der Waals surface area contributed by atoms with Crippen molar-refractivity contribution < 1.29 is 13.2 Å². The highest BCUT2D eigenvalue weighted by Crippen LogP contribution is 2.19. The van der Waals surface area contributed by atoms with E-state index in [2.05, 4.69) is 10.3 Å². The number of carbonyl (C=O) groups is 1. The van der Waals surface area contributed by atoms with Gasteiger partial charge in [0.1, 0.15) is 5.82 Å². The van der Waals surface area contributed by atoms with Crippen LogP contribution in [0.25, 0.3) is 10.9 Å². The largest absolute Gasteiger partial charge is 0.346 e. The van der Waals surface area contributed by atoms with Crippen LogP contribution in [0.1, 0.15) is 54.0 Å². The number of rotatable bonds is 4. The number of aromatic nitrogens is 2. The fourth-order valence-corrected chi connectivity index (χ4v) is 4.38. The van der Waals surface area contributed by atoms with Crippen LogP contribution in [0.5, 0.6) is 0 Å². The van der Waals surface area contributed by atoms with Crippen LogP contribution in [0.4, 0.5) is 0 Å². The molecule has 1 atom stereocenters. The van der Waals surface area contributed by atoms with Crippen molar-refractivity contribution >= 4 is 26.8 Å². The van der Waals surface area contributed by atoms with Gasteiger partial charge in [-0.2, -0.15) is 0 Å². The van der Waals surface area contributed by atoms with Gasteiger partial charge in [-0.05, 0) is 55.7 Å². The van der Waals surface area contributed by atoms with Crippen molar-refractivity contribution in [2.45, 2.75) is 50.1 Å². The molecule has 0 saturated heterocycles. The van der Waals surface area contributed by atoms with Gasteiger partial charge in [-0.25, -0.2) is 18.5 Å². The smallest absolute Gasteiger partial charge is 0.261 e. The predicted octanol–water partition coefficient (Wildman–Crippen LogP) is 2.26. The first-order valence-corrected chi connectivity index (χ1v) is 11.8. The second kappa shape index (κ2) is 8.24. The average Bonchev–Trinajstić information content (AvgIpc) is 2.98. The molecule has 4 rings (SSSR count). The van der Waals surface area contributed by atoms with E-state index in [1.807, 2.05) is 0 Å². The van der Waals surface area contributed by atoms with Crippen molar-refractivity contribution in [1.29, 1.82) is 0 Å². The summed E-state index contributed by atoms with van der Waals surface area (Å²) in [6.07, 6.45) is 3.80. The molecule has 0 unspecified atom stereocenters. The summed E-state index contributed by atoms with van der Waals surface area (Å²) in [5.41, 5.74) is 1.61. The van der Waals surface area contributed by atoms with Gasteiger partial charge in [0.05, 0.1) is 21.8 Å². The number of hydrogen-bond donors (Lipinski definition) is 2. The minimum atomic E-state index is -3.77. The van der Waals surface area contributed by atoms with Crippen molar-refractivity contribution in [2.75, 3.05) is 0 Å². The molecule has 0 bridgehead atoms. The Morgan fingerprint density at radius 3 is 2.58 bits per heavy atom. The van der Waals surface area contributed by atoms with E-state index in [0.29, 0.717) is 23.0 Å². The quantitative estimate of drug-likeness (QED) is 0.644. The summed E-state index contributed by atoms with van der Waals surface area (Å²) in [6, 6.07) is 10.6. The Bertz CT molecular complexity index is 1310. The van der Waals surface area contributed by atoms with Gasteiger partial charge in [-0.1, -0.05) is 18.6 Å². The number of nitrogens with zero attached hydrogens (tertiary/aromatic N) is 2. The molecule has 0 fully saturated rings. The summed E-state index contributed by atoms with van der Waals surface area (Å²) in [5.74, 6) is 0.470. The minimum absolute atomic E-state index is 0.0146. The van der Waals surface area contributed by atoms with Gasteiger partial charge in [-0.3, -0.25) is 14.2 Å². The molecule has 0 radical (unpaired) electrons. The van der Waals surface area contributed by atoms with Crippen LogP contribution in [-0.4, -0.2) is 23.9 Å². The molecule has 1 aliphatic heterocycles. The minimum Gasteiger partial charge on any atom is -0.346 e. The SMILES string of the molecule is C[C@@H](NC(=O)c1ccc2c(=O)n3c(nc2c1)CCCCC3)c1ccc(S(N)(=O)=O)cc1. The topological polar surface area (TPSA) is 124 Å². The monoisotopic (exact) mass is 440 g/mol. The number of sulfonamides is 1. The molecule has 162 valence electrons. The van der Waals surface area contributed by atoms with Gasteiger partial charge >= 0.3 is 0 Å². The van der Waals surface area contributed by atoms with Crippen LogP contribution >= 0.6 is 0 Å². The molecule has 2 aromatic carbocycles. The summed E-state index contributed by atoms with van der Waals surface area (Å²) >= 11 is 0. The van der Waals surface area contributed by atoms with E-state index in [1.54, 1.807) is 41.8 Å². The molecule has 9 heteroatoms. The van der Waals surface area contributed by atoms with Gasteiger partial charge < -0.3 is 5.32 Å². The van der Waals surface area contributed by atoms with Gasteiger partial charge in [0.25, 0.3) is 11.5 Å². The summed E-state index contributed by atoms with van der Waals surface area (Å²) in [5, 5.41) is 8.52. The lowest BCUT2D eigenvalue weighted by atomic mass is 10.1. The standard InChI is InChI=1S/C22H24N4O4S/c1-14(15-6-9-17(10-7-15)31(23,29)30)24-21(27)16-8-11-18-19(13-16)25-20-5-3-2-4-12-26(20)22(18)28/h6-11,13-14H,2-5,12H2,1H3,(H,24,27)(H2,23,29,30)/t14-/m1/s1. The van der Waals surface area contributed by atoms with E-state index in [9.17, 15) is 18.0 Å². The molecule has 1 aromatic heterocycles. The lowest BCUT2D eigenvalue weighted by Gasteiger charge is -2.15. The highest BCUT2D eigenvalue weighted by molar-refractivity contribution is 7.89. The summed E-state index contributed by atoms with van der Waals surface area (Å²) in [7, 11) is -3.77. The van der Waals surface area contributed by atoms with E-state index in [0.717, 1.165) is 37.1 Å². The second-order valence-electron chi connectivity index (χ2n) is 7.84. The fraction of sp³-hybridized carbons (Fsp3) is 0.318. The molecular formula is C22H24N4O4S. The molecular weight excluding hydrogens is 416 g/mol. The Balaban J connectivity index is 1.58. The first-order chi connectivity index (χ1) is 14.7. The second-order valence-corrected chi connectivity index (χ2v) is 9.40. The molecule has 0 spiro atoms. The fourth-order valence-electron chi connectivity index (χ4n) is 3.87. The zero-order chi connectivity index (χ0) is 22.2. The number of primary sulfonamides is 1. The number of benzene rings is 2. The first kappa shape index (κ1) is 21.2. The van der Waals surface area contributed by atoms with Crippen molar-refractivity contribution in [3.8, 4) is 0 Å². The highest BCUT2D eigenvalue weighted by atomic mass is 32.2. The zero-order valence-electron chi connectivity index (χ0n) is 17.2. The van der Waals surface area contributed by atoms with E-state index < -0.39 is 10.0 Å². The number of amides is 1. The molecule has 0 aliphatic carbocycles. The number of aryl methyl sites for hydroxylation is 1. The van der Waals surface area contributed by atoms with E-state index in [1.165, 1.54) is 12.1 Å². The third-order valence-electron chi connectivity index (χ3n) is 5.63. The number of nitrogens with two attached hydrogens (primary N) is 1. The van der Waals surface area contributed by atoms with Crippen molar-refractivity contribution in [2.24, 2.45) is 5.14 Å². The Hall–Kier alpha value is -3.04. The predicted molar refractivity (Wildman–Crippen MR) is 117 cm³/mol. The summed E-state index contributed by atoms with van der Waals surface area (Å²) in [6.45, 7) is 2.48. The third kappa shape index (κ3) is 4.38. The number of carbonyl (C=O) groups excluding carboxylic acids is 1. The lowest BCUT2D eigenvalue weighted by Crippen LogP contribution is -2.27.